The molecule has 0 unspecified atom stereocenters. The van der Waals surface area contributed by atoms with Crippen molar-refractivity contribution < 1.29 is 35.9 Å². The summed E-state index contributed by atoms with van der Waals surface area (Å²) in [5.74, 6) is -0.665. The first-order valence-corrected chi connectivity index (χ1v) is 8.06. The van der Waals surface area contributed by atoms with Crippen LogP contribution >= 0.6 is 0 Å². The van der Waals surface area contributed by atoms with Gasteiger partial charge in [-0.25, -0.2) is 0 Å². The summed E-state index contributed by atoms with van der Waals surface area (Å²) in [5, 5.41) is 13.6. The van der Waals surface area contributed by atoms with E-state index >= 15 is 0 Å². The number of nitrogens with one attached hydrogen (secondary N) is 2. The van der Waals surface area contributed by atoms with E-state index in [0.29, 0.717) is 18.3 Å². The molecule has 0 heterocycles. The lowest BCUT2D eigenvalue weighted by Gasteiger charge is -2.14. The molecule has 30 heavy (non-hydrogen) atoms. The fraction of sp³-hybridized carbons (Fsp3) is 0.158. The second-order valence-corrected chi connectivity index (χ2v) is 5.76. The molecule has 11 heteroatoms. The van der Waals surface area contributed by atoms with Crippen molar-refractivity contribution in [2.45, 2.75) is 12.4 Å². The molecule has 0 spiro atoms. The van der Waals surface area contributed by atoms with Crippen LogP contribution in [-0.2, 0) is 17.1 Å². The van der Waals surface area contributed by atoms with Gasteiger partial charge < -0.3 is 15.4 Å². The molecule has 1 amide bonds. The fourth-order valence-electron chi connectivity index (χ4n) is 2.28. The Morgan fingerprint density at radius 1 is 1.03 bits per heavy atom. The number of ether oxygens (including phenoxy) is 1. The zero-order valence-corrected chi connectivity index (χ0v) is 15.2. The number of nitrogens with zero attached hydrogens (tertiary/aromatic N) is 1. The van der Waals surface area contributed by atoms with Crippen molar-refractivity contribution in [2.75, 3.05) is 17.7 Å². The molecule has 0 radical (unpaired) electrons. The highest BCUT2D eigenvalue weighted by atomic mass is 19.4. The van der Waals surface area contributed by atoms with Gasteiger partial charge in [-0.2, -0.15) is 31.6 Å². The normalized spacial score (nSPS) is 12.1. The third-order valence-electron chi connectivity index (χ3n) is 3.69. The molecule has 2 N–H and O–H groups in total. The lowest BCUT2D eigenvalue weighted by Crippen LogP contribution is -2.15. The van der Waals surface area contributed by atoms with Crippen LogP contribution in [-0.4, -0.2) is 13.0 Å². The van der Waals surface area contributed by atoms with Gasteiger partial charge in [0.05, 0.1) is 23.9 Å². The Kier molecular flexibility index (Phi) is 6.61. The number of carbonyl (C=O) groups is 1. The number of carbonyl (C=O) groups excluding carboxylic acids is 1. The Morgan fingerprint density at radius 2 is 1.60 bits per heavy atom. The molecule has 0 fully saturated rings. The third kappa shape index (κ3) is 5.66. The summed E-state index contributed by atoms with van der Waals surface area (Å²) in [5.41, 5.74) is -4.05. The zero-order chi connectivity index (χ0) is 22.5. The molecule has 0 aliphatic heterocycles. The quantitative estimate of drug-likeness (QED) is 0.390. The zero-order valence-electron chi connectivity index (χ0n) is 15.2. The Labute approximate surface area is 166 Å². The minimum atomic E-state index is -5.03. The van der Waals surface area contributed by atoms with Gasteiger partial charge in [-0.05, 0) is 30.3 Å². The average molecular weight is 429 g/mol. The number of rotatable bonds is 5. The van der Waals surface area contributed by atoms with Crippen molar-refractivity contribution in [3.63, 3.8) is 0 Å². The van der Waals surface area contributed by atoms with Gasteiger partial charge in [0.2, 0.25) is 0 Å². The minimum absolute atomic E-state index is 0.0332. The monoisotopic (exact) mass is 429 g/mol. The summed E-state index contributed by atoms with van der Waals surface area (Å²) in [6.45, 7) is 0. The molecule has 0 saturated carbocycles. The Hall–Kier alpha value is -3.68. The summed E-state index contributed by atoms with van der Waals surface area (Å²) >= 11 is 0. The second kappa shape index (κ2) is 8.77. The van der Waals surface area contributed by atoms with E-state index in [1.165, 1.54) is 25.3 Å². The number of hydrogen-bond donors (Lipinski definition) is 2. The smallest absolute Gasteiger partial charge is 0.416 e. The molecule has 5 nitrogen and oxygen atoms in total. The van der Waals surface area contributed by atoms with Crippen molar-refractivity contribution in [3.05, 3.63) is 65.4 Å². The standard InChI is InChI=1S/C19H13F6N3O2/c1-30-16-5-3-2-4-15(16)28-17(29)11(9-26)10-27-14-7-12(18(20,21)22)6-13(8-14)19(23,24)25/h2-8,10,27H,1H3,(H,28,29)/b11-10-. The van der Waals surface area contributed by atoms with Gasteiger partial charge in [0, 0.05) is 11.9 Å². The van der Waals surface area contributed by atoms with E-state index in [-0.39, 0.29) is 17.5 Å². The molecule has 0 aromatic heterocycles. The molecule has 0 bridgehead atoms. The lowest BCUT2D eigenvalue weighted by atomic mass is 10.1. The number of benzene rings is 2. The molecular formula is C19H13F6N3O2. The minimum Gasteiger partial charge on any atom is -0.495 e. The van der Waals surface area contributed by atoms with Crippen LogP contribution < -0.4 is 15.4 Å². The van der Waals surface area contributed by atoms with Crippen molar-refractivity contribution >= 4 is 17.3 Å². The predicted molar refractivity (Wildman–Crippen MR) is 95.4 cm³/mol. The van der Waals surface area contributed by atoms with Gasteiger partial charge in [0.1, 0.15) is 17.4 Å². The first-order chi connectivity index (χ1) is 14.0. The van der Waals surface area contributed by atoms with Crippen LogP contribution in [0.15, 0.2) is 54.2 Å². The van der Waals surface area contributed by atoms with E-state index in [2.05, 4.69) is 10.6 Å². The third-order valence-corrected chi connectivity index (χ3v) is 3.69. The maximum atomic E-state index is 12.9. The van der Waals surface area contributed by atoms with Crippen LogP contribution in [0, 0.1) is 11.3 Å². The van der Waals surface area contributed by atoms with Gasteiger partial charge in [-0.15, -0.1) is 0 Å². The summed E-state index contributed by atoms with van der Waals surface area (Å²) in [6.07, 6.45) is -9.35. The first kappa shape index (κ1) is 22.6. The van der Waals surface area contributed by atoms with Crippen molar-refractivity contribution in [1.82, 2.24) is 0 Å². The van der Waals surface area contributed by atoms with Crippen LogP contribution in [0.5, 0.6) is 5.75 Å². The Bertz CT molecular complexity index is 974. The molecule has 0 saturated heterocycles. The number of amides is 1. The van der Waals surface area contributed by atoms with Gasteiger partial charge in [0.25, 0.3) is 5.91 Å². The van der Waals surface area contributed by atoms with Gasteiger partial charge in [-0.3, -0.25) is 4.79 Å². The molecule has 0 aliphatic rings. The molecule has 0 aliphatic carbocycles. The number of nitriles is 1. The Morgan fingerprint density at radius 3 is 2.10 bits per heavy atom. The molecule has 2 aromatic carbocycles. The number of hydrogen-bond acceptors (Lipinski definition) is 4. The fourth-order valence-corrected chi connectivity index (χ4v) is 2.28. The van der Waals surface area contributed by atoms with Crippen molar-refractivity contribution in [1.29, 1.82) is 5.26 Å². The van der Waals surface area contributed by atoms with E-state index in [0.717, 1.165) is 0 Å². The van der Waals surface area contributed by atoms with Gasteiger partial charge in [-0.1, -0.05) is 12.1 Å². The highest BCUT2D eigenvalue weighted by Crippen LogP contribution is 2.37. The number of para-hydroxylation sites is 2. The van der Waals surface area contributed by atoms with E-state index in [4.69, 9.17) is 10.00 Å². The van der Waals surface area contributed by atoms with Crippen LogP contribution in [0.2, 0.25) is 0 Å². The number of methoxy groups -OCH3 is 1. The van der Waals surface area contributed by atoms with Crippen molar-refractivity contribution in [3.8, 4) is 11.8 Å². The van der Waals surface area contributed by atoms with Gasteiger partial charge >= 0.3 is 12.4 Å². The number of alkyl halides is 6. The molecule has 158 valence electrons. The number of halogens is 6. The maximum Gasteiger partial charge on any atom is 0.416 e. The average Bonchev–Trinajstić information content (AvgIpc) is 2.67. The van der Waals surface area contributed by atoms with E-state index in [1.807, 2.05) is 0 Å². The van der Waals surface area contributed by atoms with Crippen molar-refractivity contribution in [2.24, 2.45) is 0 Å². The van der Waals surface area contributed by atoms with Crippen LogP contribution in [0.1, 0.15) is 11.1 Å². The van der Waals surface area contributed by atoms with E-state index in [1.54, 1.807) is 12.1 Å². The van der Waals surface area contributed by atoms with Crippen LogP contribution in [0.25, 0.3) is 0 Å². The highest BCUT2D eigenvalue weighted by Gasteiger charge is 2.36. The second-order valence-electron chi connectivity index (χ2n) is 5.76. The summed E-state index contributed by atoms with van der Waals surface area (Å²) < 4.78 is 82.5. The summed E-state index contributed by atoms with van der Waals surface area (Å²) in [7, 11) is 1.35. The molecule has 2 aromatic rings. The lowest BCUT2D eigenvalue weighted by molar-refractivity contribution is -0.143. The number of anilines is 2. The summed E-state index contributed by atoms with van der Waals surface area (Å²) in [6, 6.07) is 8.56. The van der Waals surface area contributed by atoms with Crippen LogP contribution in [0.4, 0.5) is 37.7 Å². The topological polar surface area (TPSA) is 74.1 Å². The van der Waals surface area contributed by atoms with Crippen LogP contribution in [0.3, 0.4) is 0 Å². The Balaban J connectivity index is 2.31. The molecular weight excluding hydrogens is 416 g/mol. The largest absolute Gasteiger partial charge is 0.495 e. The predicted octanol–water partition coefficient (Wildman–Crippen LogP) is 5.19. The van der Waals surface area contributed by atoms with Gasteiger partial charge in [0.15, 0.2) is 0 Å². The maximum absolute atomic E-state index is 12.9. The van der Waals surface area contributed by atoms with E-state index < -0.39 is 40.6 Å². The molecule has 0 atom stereocenters. The SMILES string of the molecule is COc1ccccc1NC(=O)/C(C#N)=C\Nc1cc(C(F)(F)F)cc(C(F)(F)F)c1. The summed E-state index contributed by atoms with van der Waals surface area (Å²) in [4.78, 5) is 12.2. The molecule has 2 rings (SSSR count). The highest BCUT2D eigenvalue weighted by molar-refractivity contribution is 6.07. The first-order valence-electron chi connectivity index (χ1n) is 8.06. The van der Waals surface area contributed by atoms with E-state index in [9.17, 15) is 31.1 Å².